The largest absolute Gasteiger partial charge is 0.514 e. The summed E-state index contributed by atoms with van der Waals surface area (Å²) in [5.41, 5.74) is 6.33. The number of esters is 3. The molecule has 0 aliphatic rings. The molecule has 2 N–H and O–H groups in total. The van der Waals surface area contributed by atoms with Gasteiger partial charge in [-0.25, -0.2) is 4.79 Å². The van der Waals surface area contributed by atoms with E-state index in [1.54, 1.807) is 24.3 Å². The van der Waals surface area contributed by atoms with Crippen LogP contribution in [0.2, 0.25) is 0 Å². The molecule has 1 aromatic carbocycles. The van der Waals surface area contributed by atoms with Crippen LogP contribution in [0.25, 0.3) is 0 Å². The number of unbranched alkanes of at least 4 members (excludes halogenated alkanes) is 18. The van der Waals surface area contributed by atoms with Crippen LogP contribution in [0.5, 0.6) is 5.75 Å². The van der Waals surface area contributed by atoms with Crippen LogP contribution in [0, 0.1) is 5.92 Å². The predicted molar refractivity (Wildman–Crippen MR) is 229 cm³/mol. The summed E-state index contributed by atoms with van der Waals surface area (Å²) >= 11 is 0. The highest BCUT2D eigenvalue weighted by Crippen LogP contribution is 2.19. The summed E-state index contributed by atoms with van der Waals surface area (Å²) in [4.78, 5) is 50.0. The number of carbonyl (C=O) groups excluding carboxylic acids is 4. The second-order valence-electron chi connectivity index (χ2n) is 15.8. The van der Waals surface area contributed by atoms with Crippen molar-refractivity contribution in [1.29, 1.82) is 0 Å². The first kappa shape index (κ1) is 51.7. The predicted octanol–water partition coefficient (Wildman–Crippen LogP) is 12.8. The van der Waals surface area contributed by atoms with E-state index in [1.165, 1.54) is 64.2 Å². The first-order chi connectivity index (χ1) is 27.8. The standard InChI is InChI=1S/C47H81NO9/c1-4-7-10-13-14-15-16-17-20-21-28-42(56-47(52)57-43-35-33-41(48)34-36-43)29-26-37-53-44(49)32-25-24-27-40(38-54-45(50)30-22-18-11-8-5-2)39-55-46(51)31-23-19-12-9-6-3/h33-36,40,42H,4-32,37-39,48H2,1-3H3. The molecule has 57 heavy (non-hydrogen) atoms. The topological polar surface area (TPSA) is 140 Å². The molecule has 0 amide bonds. The summed E-state index contributed by atoms with van der Waals surface area (Å²) in [6.07, 6.45) is 26.7. The molecule has 1 aromatic rings. The summed E-state index contributed by atoms with van der Waals surface area (Å²) in [5, 5.41) is 0. The summed E-state index contributed by atoms with van der Waals surface area (Å²) in [5.74, 6) is -0.441. The molecule has 0 bridgehead atoms. The van der Waals surface area contributed by atoms with Crippen molar-refractivity contribution in [3.63, 3.8) is 0 Å². The van der Waals surface area contributed by atoms with Crippen LogP contribution in [-0.2, 0) is 33.3 Å². The fourth-order valence-electron chi connectivity index (χ4n) is 6.71. The average Bonchev–Trinajstić information content (AvgIpc) is 3.20. The molecule has 10 heteroatoms. The third-order valence-electron chi connectivity index (χ3n) is 10.3. The number of benzene rings is 1. The van der Waals surface area contributed by atoms with Gasteiger partial charge in [-0.3, -0.25) is 14.4 Å². The Morgan fingerprint density at radius 2 is 0.895 bits per heavy atom. The lowest BCUT2D eigenvalue weighted by molar-refractivity contribution is -0.149. The number of carbonyl (C=O) groups is 4. The van der Waals surface area contributed by atoms with E-state index >= 15 is 0 Å². The maximum Gasteiger partial charge on any atom is 0.514 e. The van der Waals surface area contributed by atoms with Crippen LogP contribution >= 0.6 is 0 Å². The van der Waals surface area contributed by atoms with Crippen molar-refractivity contribution in [3.05, 3.63) is 24.3 Å². The molecule has 0 aliphatic heterocycles. The smallest absolute Gasteiger partial charge is 0.466 e. The molecule has 1 atom stereocenters. The highest BCUT2D eigenvalue weighted by atomic mass is 16.7. The molecule has 0 spiro atoms. The molecule has 0 saturated carbocycles. The Labute approximate surface area is 346 Å². The SMILES string of the molecule is CCCCCCCCCCCCC(CCCOC(=O)CCCCC(COC(=O)CCCCCCC)COC(=O)CCCCCCC)OC(=O)Oc1ccc(N)cc1. The Morgan fingerprint density at radius 1 is 0.491 bits per heavy atom. The van der Waals surface area contributed by atoms with Crippen molar-refractivity contribution < 1.29 is 42.9 Å². The fourth-order valence-corrected chi connectivity index (χ4v) is 6.71. The van der Waals surface area contributed by atoms with E-state index in [0.29, 0.717) is 56.4 Å². The van der Waals surface area contributed by atoms with E-state index in [9.17, 15) is 19.2 Å². The van der Waals surface area contributed by atoms with Crippen LogP contribution in [0.15, 0.2) is 24.3 Å². The number of nitrogens with two attached hydrogens (primary N) is 1. The third-order valence-corrected chi connectivity index (χ3v) is 10.3. The van der Waals surface area contributed by atoms with E-state index in [2.05, 4.69) is 20.8 Å². The zero-order chi connectivity index (χ0) is 41.6. The van der Waals surface area contributed by atoms with Gasteiger partial charge in [0.25, 0.3) is 0 Å². The average molecular weight is 804 g/mol. The summed E-state index contributed by atoms with van der Waals surface area (Å²) in [6.45, 7) is 7.22. The number of hydrogen-bond donors (Lipinski definition) is 1. The Morgan fingerprint density at radius 3 is 1.40 bits per heavy atom. The molecule has 0 radical (unpaired) electrons. The van der Waals surface area contributed by atoms with Crippen LogP contribution in [0.4, 0.5) is 10.5 Å². The zero-order valence-electron chi connectivity index (χ0n) is 36.3. The number of ether oxygens (including phenoxy) is 5. The van der Waals surface area contributed by atoms with Gasteiger partial charge in [0.2, 0.25) is 0 Å². The van der Waals surface area contributed by atoms with Gasteiger partial charge in [0, 0.05) is 30.9 Å². The molecule has 1 unspecified atom stereocenters. The van der Waals surface area contributed by atoms with E-state index in [0.717, 1.165) is 70.6 Å². The first-order valence-corrected chi connectivity index (χ1v) is 23.0. The van der Waals surface area contributed by atoms with Gasteiger partial charge in [0.05, 0.1) is 19.8 Å². The van der Waals surface area contributed by atoms with E-state index < -0.39 is 6.16 Å². The van der Waals surface area contributed by atoms with Gasteiger partial charge in [-0.1, -0.05) is 136 Å². The molecule has 0 aromatic heterocycles. The molecule has 328 valence electrons. The van der Waals surface area contributed by atoms with Gasteiger partial charge in [0.1, 0.15) is 11.9 Å². The second-order valence-corrected chi connectivity index (χ2v) is 15.8. The molecule has 1 rings (SSSR count). The van der Waals surface area contributed by atoms with Gasteiger partial charge in [-0.15, -0.1) is 0 Å². The quantitative estimate of drug-likeness (QED) is 0.0226. The minimum atomic E-state index is -0.749. The number of anilines is 1. The molecule has 0 heterocycles. The summed E-state index contributed by atoms with van der Waals surface area (Å²) < 4.78 is 27.8. The van der Waals surface area contributed by atoms with Crippen LogP contribution < -0.4 is 10.5 Å². The molecule has 0 fully saturated rings. The number of rotatable bonds is 38. The highest BCUT2D eigenvalue weighted by molar-refractivity contribution is 5.70. The molecular formula is C47H81NO9. The van der Waals surface area contributed by atoms with Crippen molar-refractivity contribution >= 4 is 29.8 Å². The third kappa shape index (κ3) is 32.4. The van der Waals surface area contributed by atoms with Crippen molar-refractivity contribution in [2.75, 3.05) is 25.6 Å². The first-order valence-electron chi connectivity index (χ1n) is 23.0. The van der Waals surface area contributed by atoms with Gasteiger partial charge < -0.3 is 29.4 Å². The maximum atomic E-state index is 12.6. The molecule has 0 saturated heterocycles. The number of hydrogen-bond acceptors (Lipinski definition) is 10. The van der Waals surface area contributed by atoms with E-state index in [1.807, 2.05) is 0 Å². The van der Waals surface area contributed by atoms with E-state index in [4.69, 9.17) is 29.4 Å². The van der Waals surface area contributed by atoms with Crippen molar-refractivity contribution in [2.24, 2.45) is 5.92 Å². The van der Waals surface area contributed by atoms with Crippen LogP contribution in [0.3, 0.4) is 0 Å². The minimum Gasteiger partial charge on any atom is -0.466 e. The fraction of sp³-hybridized carbons (Fsp3) is 0.787. The molecule has 0 aliphatic carbocycles. The lowest BCUT2D eigenvalue weighted by Crippen LogP contribution is -2.22. The second kappa shape index (κ2) is 37.0. The molecular weight excluding hydrogens is 723 g/mol. The van der Waals surface area contributed by atoms with Crippen LogP contribution in [-0.4, -0.2) is 50.0 Å². The summed E-state index contributed by atoms with van der Waals surface area (Å²) in [6, 6.07) is 6.59. The van der Waals surface area contributed by atoms with Gasteiger partial charge in [0.15, 0.2) is 0 Å². The Kier molecular flexibility index (Phi) is 33.6. The van der Waals surface area contributed by atoms with Crippen molar-refractivity contribution in [2.45, 2.75) is 213 Å². The lowest BCUT2D eigenvalue weighted by atomic mass is 10.0. The number of nitrogen functional groups attached to an aromatic ring is 1. The monoisotopic (exact) mass is 804 g/mol. The van der Waals surface area contributed by atoms with Gasteiger partial charge >= 0.3 is 24.1 Å². The van der Waals surface area contributed by atoms with Gasteiger partial charge in [-0.2, -0.15) is 0 Å². The Hall–Kier alpha value is -3.30. The van der Waals surface area contributed by atoms with Crippen molar-refractivity contribution in [3.8, 4) is 5.75 Å². The van der Waals surface area contributed by atoms with Gasteiger partial charge in [-0.05, 0) is 75.6 Å². The molecule has 10 nitrogen and oxygen atoms in total. The van der Waals surface area contributed by atoms with Crippen LogP contribution in [0.1, 0.15) is 207 Å². The summed E-state index contributed by atoms with van der Waals surface area (Å²) in [7, 11) is 0. The Bertz CT molecular complexity index is 1110. The lowest BCUT2D eigenvalue weighted by Gasteiger charge is -2.18. The van der Waals surface area contributed by atoms with E-state index in [-0.39, 0.29) is 56.2 Å². The zero-order valence-corrected chi connectivity index (χ0v) is 36.3. The maximum absolute atomic E-state index is 12.6. The Balaban J connectivity index is 2.48. The minimum absolute atomic E-state index is 0.117. The normalized spacial score (nSPS) is 11.6. The highest BCUT2D eigenvalue weighted by Gasteiger charge is 2.18. The van der Waals surface area contributed by atoms with Crippen molar-refractivity contribution in [1.82, 2.24) is 0 Å².